The molecule has 2 aromatic carbocycles. The van der Waals surface area contributed by atoms with Gasteiger partial charge in [0.25, 0.3) is 6.79 Å². The molecule has 2 aromatic rings. The Morgan fingerprint density at radius 1 is 0.783 bits per heavy atom. The van der Waals surface area contributed by atoms with Crippen molar-refractivity contribution in [2.75, 3.05) is 6.79 Å². The number of nitrogens with zero attached hydrogens (tertiary/aromatic N) is 2. The van der Waals surface area contributed by atoms with E-state index in [4.69, 9.17) is 9.68 Å². The molecule has 0 radical (unpaired) electrons. The molecule has 0 aliphatic carbocycles. The zero-order chi connectivity index (χ0) is 16.7. The van der Waals surface area contributed by atoms with Crippen molar-refractivity contribution >= 4 is 11.4 Å². The quantitative estimate of drug-likeness (QED) is 0.348. The van der Waals surface area contributed by atoms with E-state index < -0.39 is 0 Å². The van der Waals surface area contributed by atoms with Crippen LogP contribution in [0.4, 0.5) is 8.78 Å². The molecule has 23 heavy (non-hydrogen) atoms. The summed E-state index contributed by atoms with van der Waals surface area (Å²) < 4.78 is 27.0. The summed E-state index contributed by atoms with van der Waals surface area (Å²) in [5.74, 6) is -0.765. The van der Waals surface area contributed by atoms with Gasteiger partial charge in [0.05, 0.1) is 11.4 Å². The molecule has 0 saturated carbocycles. The van der Waals surface area contributed by atoms with E-state index in [-0.39, 0.29) is 18.4 Å². The molecule has 0 saturated heterocycles. The minimum absolute atomic E-state index is 0.266. The number of benzene rings is 2. The lowest BCUT2D eigenvalue weighted by molar-refractivity contribution is -0.0505. The van der Waals surface area contributed by atoms with E-state index in [0.29, 0.717) is 22.6 Å². The van der Waals surface area contributed by atoms with Crippen LogP contribution < -0.4 is 0 Å². The molecular formula is C17H16F2N2O2. The van der Waals surface area contributed by atoms with Crippen molar-refractivity contribution in [2.24, 2.45) is 10.3 Å². The van der Waals surface area contributed by atoms with E-state index in [1.165, 1.54) is 12.1 Å². The minimum atomic E-state index is -0.383. The van der Waals surface area contributed by atoms with Crippen LogP contribution in [0.15, 0.2) is 58.8 Å². The lowest BCUT2D eigenvalue weighted by Crippen LogP contribution is -2.03. The van der Waals surface area contributed by atoms with Crippen molar-refractivity contribution in [2.45, 2.75) is 13.8 Å². The van der Waals surface area contributed by atoms with Gasteiger partial charge in [-0.1, -0.05) is 46.7 Å². The molecule has 0 aliphatic heterocycles. The van der Waals surface area contributed by atoms with Gasteiger partial charge in [0.1, 0.15) is 11.6 Å². The van der Waals surface area contributed by atoms with Crippen LogP contribution in [0, 0.1) is 11.6 Å². The third-order valence-corrected chi connectivity index (χ3v) is 3.04. The predicted molar refractivity (Wildman–Crippen MR) is 84.3 cm³/mol. The highest BCUT2D eigenvalue weighted by molar-refractivity contribution is 5.99. The van der Waals surface area contributed by atoms with Crippen LogP contribution in [0.5, 0.6) is 0 Å². The summed E-state index contributed by atoms with van der Waals surface area (Å²) in [4.78, 5) is 9.84. The summed E-state index contributed by atoms with van der Waals surface area (Å²) in [6.07, 6.45) is 0. The molecule has 120 valence electrons. The van der Waals surface area contributed by atoms with Crippen molar-refractivity contribution in [3.05, 3.63) is 71.3 Å². The largest absolute Gasteiger partial charge is 0.352 e. The van der Waals surface area contributed by atoms with Crippen molar-refractivity contribution in [3.63, 3.8) is 0 Å². The summed E-state index contributed by atoms with van der Waals surface area (Å²) in [6, 6.07) is 12.5. The second-order valence-electron chi connectivity index (χ2n) is 4.69. The number of oxime groups is 2. The summed E-state index contributed by atoms with van der Waals surface area (Å²) in [6.45, 7) is 2.97. The van der Waals surface area contributed by atoms with Crippen LogP contribution in [-0.2, 0) is 9.68 Å². The van der Waals surface area contributed by atoms with Gasteiger partial charge in [-0.25, -0.2) is 8.78 Å². The van der Waals surface area contributed by atoms with E-state index in [1.807, 2.05) is 0 Å². The molecule has 0 heterocycles. The Morgan fingerprint density at radius 2 is 1.17 bits per heavy atom. The summed E-state index contributed by atoms with van der Waals surface area (Å²) in [5.41, 5.74) is 1.44. The van der Waals surface area contributed by atoms with Crippen molar-refractivity contribution in [1.82, 2.24) is 0 Å². The number of hydrogen-bond donors (Lipinski definition) is 0. The van der Waals surface area contributed by atoms with E-state index in [2.05, 4.69) is 10.3 Å². The summed E-state index contributed by atoms with van der Waals surface area (Å²) in [5, 5.41) is 7.50. The molecular weight excluding hydrogens is 302 g/mol. The maximum atomic E-state index is 13.5. The van der Waals surface area contributed by atoms with Crippen LogP contribution in [0.1, 0.15) is 25.0 Å². The molecule has 0 amide bonds. The Morgan fingerprint density at radius 3 is 1.57 bits per heavy atom. The molecule has 2 rings (SSSR count). The van der Waals surface area contributed by atoms with Gasteiger partial charge in [0, 0.05) is 11.1 Å². The highest BCUT2D eigenvalue weighted by Gasteiger charge is 2.05. The number of halogens is 2. The Balaban J connectivity index is 1.88. The molecule has 0 unspecified atom stereocenters. The monoisotopic (exact) mass is 318 g/mol. The van der Waals surface area contributed by atoms with Crippen LogP contribution in [-0.4, -0.2) is 18.2 Å². The molecule has 0 N–H and O–H groups in total. The van der Waals surface area contributed by atoms with Crippen LogP contribution in [0.2, 0.25) is 0 Å². The predicted octanol–water partition coefficient (Wildman–Crippen LogP) is 4.10. The Bertz CT molecular complexity index is 669. The standard InChI is InChI=1S/C17H16F2N2O2/c1-12(14-7-3-5-9-16(14)18)20-22-11-23-21-13(2)15-8-4-6-10-17(15)19/h3-10H,11H2,1-2H3/b20-12-,21-13+. The smallest absolute Gasteiger partial charge is 0.280 e. The lowest BCUT2D eigenvalue weighted by atomic mass is 10.1. The van der Waals surface area contributed by atoms with Crippen molar-refractivity contribution in [3.8, 4) is 0 Å². The molecule has 0 aromatic heterocycles. The van der Waals surface area contributed by atoms with E-state index in [9.17, 15) is 8.78 Å². The normalized spacial score (nSPS) is 12.2. The first-order valence-electron chi connectivity index (χ1n) is 6.92. The highest BCUT2D eigenvalue weighted by atomic mass is 19.1. The average molecular weight is 318 g/mol. The molecule has 4 nitrogen and oxygen atoms in total. The molecule has 0 aliphatic rings. The maximum absolute atomic E-state index is 13.5. The van der Waals surface area contributed by atoms with E-state index in [1.54, 1.807) is 50.2 Å². The lowest BCUT2D eigenvalue weighted by Gasteiger charge is -2.04. The van der Waals surface area contributed by atoms with Gasteiger partial charge >= 0.3 is 0 Å². The van der Waals surface area contributed by atoms with E-state index >= 15 is 0 Å². The number of hydrogen-bond acceptors (Lipinski definition) is 4. The van der Waals surface area contributed by atoms with Gasteiger partial charge in [0.15, 0.2) is 0 Å². The molecule has 0 bridgehead atoms. The first kappa shape index (κ1) is 16.6. The summed E-state index contributed by atoms with van der Waals surface area (Å²) >= 11 is 0. The zero-order valence-electron chi connectivity index (χ0n) is 12.8. The van der Waals surface area contributed by atoms with E-state index in [0.717, 1.165) is 0 Å². The van der Waals surface area contributed by atoms with Crippen molar-refractivity contribution < 1.29 is 18.5 Å². The first-order chi connectivity index (χ1) is 11.1. The molecule has 0 spiro atoms. The maximum Gasteiger partial charge on any atom is 0.280 e. The van der Waals surface area contributed by atoms with Gasteiger partial charge in [-0.05, 0) is 26.0 Å². The first-order valence-corrected chi connectivity index (χ1v) is 6.92. The van der Waals surface area contributed by atoms with Gasteiger partial charge in [-0.15, -0.1) is 0 Å². The second-order valence-corrected chi connectivity index (χ2v) is 4.69. The third kappa shape index (κ3) is 4.60. The van der Waals surface area contributed by atoms with Gasteiger partial charge in [-0.2, -0.15) is 0 Å². The average Bonchev–Trinajstić information content (AvgIpc) is 2.55. The second kappa shape index (κ2) is 8.03. The fraction of sp³-hybridized carbons (Fsp3) is 0.176. The number of rotatable bonds is 6. The molecule has 6 heteroatoms. The van der Waals surface area contributed by atoms with Crippen LogP contribution in [0.3, 0.4) is 0 Å². The highest BCUT2D eigenvalue weighted by Crippen LogP contribution is 2.09. The fourth-order valence-corrected chi connectivity index (χ4v) is 1.88. The SMILES string of the molecule is C/C(=N/OCO/N=C(\C)c1ccccc1F)c1ccccc1F. The summed E-state index contributed by atoms with van der Waals surface area (Å²) in [7, 11) is 0. The fourth-order valence-electron chi connectivity index (χ4n) is 1.88. The Hall–Kier alpha value is -2.76. The minimum Gasteiger partial charge on any atom is -0.352 e. The van der Waals surface area contributed by atoms with Crippen molar-refractivity contribution in [1.29, 1.82) is 0 Å². The zero-order valence-corrected chi connectivity index (χ0v) is 12.8. The van der Waals surface area contributed by atoms with Gasteiger partial charge in [0.2, 0.25) is 0 Å². The molecule has 0 fully saturated rings. The third-order valence-electron chi connectivity index (χ3n) is 3.04. The van der Waals surface area contributed by atoms with Crippen LogP contribution >= 0.6 is 0 Å². The van der Waals surface area contributed by atoms with Gasteiger partial charge < -0.3 is 9.68 Å². The Kier molecular flexibility index (Phi) is 5.80. The Labute approximate surface area is 133 Å². The van der Waals surface area contributed by atoms with Gasteiger partial charge in [-0.3, -0.25) is 0 Å². The topological polar surface area (TPSA) is 43.2 Å². The molecule has 0 atom stereocenters. The van der Waals surface area contributed by atoms with Crippen LogP contribution in [0.25, 0.3) is 0 Å².